The molecule has 0 N–H and O–H groups in total. The molecule has 204 valence electrons. The zero-order valence-corrected chi connectivity index (χ0v) is 35.6. The molecular formula is C24H20Br10O3. The highest BCUT2D eigenvalue weighted by atomic mass is 79.9. The molecule has 3 nitrogen and oxygen atoms in total. The third-order valence-corrected chi connectivity index (χ3v) is 19.6. The van der Waals surface area contributed by atoms with Crippen LogP contribution in [-0.4, -0.2) is 23.4 Å². The maximum absolute atomic E-state index is 7.34. The van der Waals surface area contributed by atoms with E-state index in [0.29, 0.717) is 0 Å². The summed E-state index contributed by atoms with van der Waals surface area (Å²) in [5.74, 6) is 0. The first-order chi connectivity index (χ1) is 17.2. The molecule has 2 heterocycles. The van der Waals surface area contributed by atoms with Crippen LogP contribution in [0.1, 0.15) is 63.9 Å². The molecule has 2 aromatic rings. The van der Waals surface area contributed by atoms with Crippen LogP contribution in [0.25, 0.3) is 0 Å². The van der Waals surface area contributed by atoms with E-state index >= 15 is 0 Å². The van der Waals surface area contributed by atoms with E-state index in [2.05, 4.69) is 187 Å². The lowest BCUT2D eigenvalue weighted by Gasteiger charge is -2.35. The maximum atomic E-state index is 7.34. The molecule has 4 rings (SSSR count). The van der Waals surface area contributed by atoms with Gasteiger partial charge in [0.1, 0.15) is 23.4 Å². The van der Waals surface area contributed by atoms with Gasteiger partial charge in [-0.15, -0.1) is 0 Å². The van der Waals surface area contributed by atoms with E-state index in [9.17, 15) is 0 Å². The molecule has 6 unspecified atom stereocenters. The molecule has 13 heteroatoms. The van der Waals surface area contributed by atoms with Gasteiger partial charge in [0.05, 0.1) is 12.2 Å². The summed E-state index contributed by atoms with van der Waals surface area (Å²) in [5, 5.41) is 0. The van der Waals surface area contributed by atoms with Crippen LogP contribution >= 0.6 is 159 Å². The predicted molar refractivity (Wildman–Crippen MR) is 184 cm³/mol. The Morgan fingerprint density at radius 2 is 0.757 bits per heavy atom. The molecule has 0 aromatic heterocycles. The summed E-state index contributed by atoms with van der Waals surface area (Å²) in [5.41, 5.74) is 0.901. The average Bonchev–Trinajstić information content (AvgIpc) is 3.76. The van der Waals surface area contributed by atoms with Gasteiger partial charge in [0, 0.05) is 55.9 Å². The maximum Gasteiger partial charge on any atom is 0.124 e. The second kappa shape index (κ2) is 12.3. The smallest absolute Gasteiger partial charge is 0.124 e. The van der Waals surface area contributed by atoms with Gasteiger partial charge in [0.15, 0.2) is 0 Å². The van der Waals surface area contributed by atoms with Crippen molar-refractivity contribution in [1.82, 2.24) is 0 Å². The fraction of sp³-hybridized carbons (Fsp3) is 0.500. The first-order valence-corrected chi connectivity index (χ1v) is 19.2. The van der Waals surface area contributed by atoms with Crippen LogP contribution in [-0.2, 0) is 14.2 Å². The Morgan fingerprint density at radius 1 is 0.541 bits per heavy atom. The molecule has 0 spiro atoms. The summed E-state index contributed by atoms with van der Waals surface area (Å²) in [4.78, 5) is 0. The Kier molecular flexibility index (Phi) is 10.9. The Labute approximate surface area is 301 Å². The van der Waals surface area contributed by atoms with Gasteiger partial charge in [-0.25, -0.2) is 0 Å². The van der Waals surface area contributed by atoms with E-state index in [0.717, 1.165) is 68.7 Å². The molecule has 0 bridgehead atoms. The molecule has 0 radical (unpaired) electrons. The van der Waals surface area contributed by atoms with Gasteiger partial charge in [0.2, 0.25) is 0 Å². The largest absolute Gasteiger partial charge is 0.363 e. The van der Waals surface area contributed by atoms with Crippen LogP contribution in [0.15, 0.2) is 44.7 Å². The number of epoxide rings is 2. The molecule has 2 saturated heterocycles. The summed E-state index contributed by atoms with van der Waals surface area (Å²) in [7, 11) is 0. The Morgan fingerprint density at radius 3 is 0.946 bits per heavy atom. The van der Waals surface area contributed by atoms with Gasteiger partial charge in [-0.3, -0.25) is 0 Å². The number of hydrogen-bond acceptors (Lipinski definition) is 3. The molecule has 0 aliphatic carbocycles. The van der Waals surface area contributed by atoms with E-state index in [1.807, 2.05) is 0 Å². The van der Waals surface area contributed by atoms with Crippen molar-refractivity contribution < 1.29 is 14.2 Å². The molecule has 2 aliphatic rings. The summed E-state index contributed by atoms with van der Waals surface area (Å²) < 4.78 is 28.9. The zero-order chi connectivity index (χ0) is 27.8. The van der Waals surface area contributed by atoms with E-state index in [1.54, 1.807) is 0 Å². The van der Waals surface area contributed by atoms with E-state index in [1.165, 1.54) is 0 Å². The van der Waals surface area contributed by atoms with Crippen molar-refractivity contribution in [3.63, 3.8) is 0 Å². The van der Waals surface area contributed by atoms with E-state index in [4.69, 9.17) is 14.2 Å². The number of halogens is 10. The Balaban J connectivity index is 2.00. The van der Waals surface area contributed by atoms with Gasteiger partial charge in [0.25, 0.3) is 0 Å². The van der Waals surface area contributed by atoms with Gasteiger partial charge in [-0.05, 0) is 186 Å². The molecule has 2 fully saturated rings. The highest BCUT2D eigenvalue weighted by molar-refractivity contribution is 9.16. The number of rotatable bonds is 8. The van der Waals surface area contributed by atoms with Gasteiger partial charge in [-0.2, -0.15) is 0 Å². The molecule has 2 aromatic carbocycles. The summed E-state index contributed by atoms with van der Waals surface area (Å²) in [6, 6.07) is 0. The highest BCUT2D eigenvalue weighted by Crippen LogP contribution is 2.62. The summed E-state index contributed by atoms with van der Waals surface area (Å²) >= 11 is 37.8. The van der Waals surface area contributed by atoms with Crippen LogP contribution in [0, 0.1) is 0 Å². The summed E-state index contributed by atoms with van der Waals surface area (Å²) in [6.45, 7) is 8.49. The normalized spacial score (nSPS) is 28.4. The van der Waals surface area contributed by atoms with Crippen molar-refractivity contribution in [2.75, 3.05) is 0 Å². The van der Waals surface area contributed by atoms with Crippen molar-refractivity contribution in [2.45, 2.75) is 76.2 Å². The van der Waals surface area contributed by atoms with E-state index < -0.39 is 23.4 Å². The number of benzene rings is 2. The van der Waals surface area contributed by atoms with Crippen LogP contribution in [0.4, 0.5) is 0 Å². The average molecular weight is 1160 g/mol. The number of ether oxygens (including phenoxy) is 3. The van der Waals surface area contributed by atoms with E-state index in [-0.39, 0.29) is 12.2 Å². The molecular weight excluding hydrogens is 1140 g/mol. The van der Waals surface area contributed by atoms with Crippen LogP contribution < -0.4 is 0 Å². The van der Waals surface area contributed by atoms with Gasteiger partial charge < -0.3 is 14.2 Å². The lowest BCUT2D eigenvalue weighted by molar-refractivity contribution is -0.0931. The fourth-order valence-corrected chi connectivity index (χ4v) is 11.9. The predicted octanol–water partition coefficient (Wildman–Crippen LogP) is 13.2. The van der Waals surface area contributed by atoms with Crippen LogP contribution in [0.5, 0.6) is 0 Å². The van der Waals surface area contributed by atoms with Crippen molar-refractivity contribution in [2.24, 2.45) is 0 Å². The highest BCUT2D eigenvalue weighted by Gasteiger charge is 2.65. The van der Waals surface area contributed by atoms with Gasteiger partial charge >= 0.3 is 0 Å². The minimum absolute atomic E-state index is 0.0218. The molecule has 2 aliphatic heterocycles. The van der Waals surface area contributed by atoms with Crippen molar-refractivity contribution in [3.8, 4) is 0 Å². The monoisotopic (exact) mass is 1150 g/mol. The van der Waals surface area contributed by atoms with Gasteiger partial charge in [-0.1, -0.05) is 13.8 Å². The first kappa shape index (κ1) is 33.0. The second-order valence-corrected chi connectivity index (χ2v) is 16.9. The molecule has 37 heavy (non-hydrogen) atoms. The summed E-state index contributed by atoms with van der Waals surface area (Å²) in [6.07, 6.45) is 0.744. The standard InChI is InChI=1S/C24H20Br10O3/c1-5-23(7(3)36-23)21(9-11(25)15(29)19(33)16(30)12(9)26)35-22(24(6-2)8(4)37-24)10-13(27)17(31)20(34)18(32)14(10)28/h7-8,21-22H,5-6H2,1-4H3. The third kappa shape index (κ3) is 5.49. The third-order valence-electron chi connectivity index (χ3n) is 7.33. The van der Waals surface area contributed by atoms with Crippen LogP contribution in [0.2, 0.25) is 0 Å². The Hall–Kier alpha value is 3.12. The SMILES string of the molecule is CCC1(C(OC(c2c(Br)c(Br)c(Br)c(Br)c2Br)C2(CC)OC2C)c2c(Br)c(Br)c(Br)c(Br)c2Br)OC1C. The lowest BCUT2D eigenvalue weighted by atomic mass is 9.87. The topological polar surface area (TPSA) is 34.3 Å². The fourth-order valence-electron chi connectivity index (χ4n) is 4.95. The van der Waals surface area contributed by atoms with Crippen molar-refractivity contribution in [3.05, 3.63) is 55.9 Å². The first-order valence-electron chi connectivity index (χ1n) is 11.2. The minimum Gasteiger partial charge on any atom is -0.363 e. The second-order valence-electron chi connectivity index (χ2n) is 9.00. The number of hydrogen-bond donors (Lipinski definition) is 0. The van der Waals surface area contributed by atoms with Crippen molar-refractivity contribution in [1.29, 1.82) is 0 Å². The minimum atomic E-state index is -0.508. The zero-order valence-electron chi connectivity index (χ0n) is 19.7. The van der Waals surface area contributed by atoms with Crippen molar-refractivity contribution >= 4 is 159 Å². The molecule has 6 atom stereocenters. The Bertz CT molecular complexity index is 1110. The quantitative estimate of drug-likeness (QED) is 0.150. The lowest BCUT2D eigenvalue weighted by Crippen LogP contribution is -2.35. The molecule has 0 amide bonds. The van der Waals surface area contributed by atoms with Crippen LogP contribution in [0.3, 0.4) is 0 Å². The molecule has 0 saturated carbocycles.